The Hall–Kier alpha value is -0.960. The van der Waals surface area contributed by atoms with Crippen LogP contribution in [0.2, 0.25) is 0 Å². The summed E-state index contributed by atoms with van der Waals surface area (Å²) in [5.41, 5.74) is 1.14. The van der Waals surface area contributed by atoms with Crippen molar-refractivity contribution in [3.63, 3.8) is 0 Å². The zero-order valence-corrected chi connectivity index (χ0v) is 12.5. The first-order chi connectivity index (χ1) is 8.43. The molecular weight excluding hydrogens is 242 g/mol. The molecule has 0 aliphatic rings. The lowest BCUT2D eigenvalue weighted by molar-refractivity contribution is 0.159. The minimum atomic E-state index is -0.154. The zero-order chi connectivity index (χ0) is 13.7. The Morgan fingerprint density at radius 1 is 1.17 bits per heavy atom. The molecule has 2 unspecified atom stereocenters. The first kappa shape index (κ1) is 15.1. The highest BCUT2D eigenvalue weighted by molar-refractivity contribution is 7.96. The number of benzene rings is 1. The molecule has 2 atom stereocenters. The van der Waals surface area contributed by atoms with E-state index in [2.05, 4.69) is 40.3 Å². The number of carbonyl (C=O) groups excluding carboxylic acids is 1. The Labute approximate surface area is 116 Å². The molecule has 0 radical (unpaired) electrons. The third kappa shape index (κ3) is 4.05. The van der Waals surface area contributed by atoms with Crippen LogP contribution in [0.1, 0.15) is 33.3 Å². The van der Waals surface area contributed by atoms with Gasteiger partial charge in [0.2, 0.25) is 0 Å². The zero-order valence-electron chi connectivity index (χ0n) is 11.6. The van der Waals surface area contributed by atoms with Crippen LogP contribution >= 0.6 is 12.6 Å². The van der Waals surface area contributed by atoms with Crippen LogP contribution in [0, 0.1) is 11.8 Å². The van der Waals surface area contributed by atoms with Gasteiger partial charge < -0.3 is 4.90 Å². The van der Waals surface area contributed by atoms with Gasteiger partial charge in [-0.2, -0.15) is 0 Å². The molecule has 0 saturated heterocycles. The maximum Gasteiger partial charge on any atom is 0.279 e. The van der Waals surface area contributed by atoms with Crippen molar-refractivity contribution in [2.75, 3.05) is 0 Å². The van der Waals surface area contributed by atoms with Gasteiger partial charge in [-0.3, -0.25) is 4.79 Å². The van der Waals surface area contributed by atoms with Crippen LogP contribution in [-0.2, 0) is 6.54 Å². The number of rotatable bonds is 5. The Kier molecular flexibility index (Phi) is 5.73. The summed E-state index contributed by atoms with van der Waals surface area (Å²) < 4.78 is 0. The van der Waals surface area contributed by atoms with E-state index in [-0.39, 0.29) is 11.3 Å². The summed E-state index contributed by atoms with van der Waals surface area (Å²) in [4.78, 5) is 13.5. The van der Waals surface area contributed by atoms with Crippen molar-refractivity contribution < 1.29 is 4.79 Å². The van der Waals surface area contributed by atoms with Crippen molar-refractivity contribution in [2.45, 2.75) is 40.3 Å². The topological polar surface area (TPSA) is 20.3 Å². The molecule has 0 fully saturated rings. The molecule has 0 spiro atoms. The first-order valence-electron chi connectivity index (χ1n) is 6.47. The van der Waals surface area contributed by atoms with E-state index in [4.69, 9.17) is 0 Å². The second-order valence-corrected chi connectivity index (χ2v) is 5.62. The van der Waals surface area contributed by atoms with Gasteiger partial charge in [-0.05, 0) is 24.3 Å². The number of amides is 1. The molecule has 0 aliphatic carbocycles. The van der Waals surface area contributed by atoms with E-state index in [1.54, 1.807) is 0 Å². The molecule has 1 amide bonds. The van der Waals surface area contributed by atoms with Gasteiger partial charge in [0.05, 0.1) is 0 Å². The van der Waals surface area contributed by atoms with Gasteiger partial charge >= 0.3 is 0 Å². The Morgan fingerprint density at radius 3 is 2.17 bits per heavy atom. The van der Waals surface area contributed by atoms with Gasteiger partial charge in [-0.15, -0.1) is 0 Å². The first-order valence-corrected chi connectivity index (χ1v) is 6.91. The van der Waals surface area contributed by atoms with Gasteiger partial charge in [0.25, 0.3) is 5.24 Å². The predicted molar refractivity (Wildman–Crippen MR) is 79.8 cm³/mol. The fraction of sp³-hybridized carbons (Fsp3) is 0.533. The van der Waals surface area contributed by atoms with Crippen LogP contribution in [-0.4, -0.2) is 16.2 Å². The molecule has 0 saturated carbocycles. The molecule has 1 rings (SSSR count). The van der Waals surface area contributed by atoms with Gasteiger partial charge in [-0.1, -0.05) is 63.7 Å². The second kappa shape index (κ2) is 6.83. The van der Waals surface area contributed by atoms with Gasteiger partial charge in [-0.25, -0.2) is 0 Å². The standard InChI is InChI=1S/C15H23NOS/c1-11(2)12(3)13(4)16(15(17)18)10-14-8-6-5-7-9-14/h5-9,11-13H,10H2,1-4H3,(H,17,18). The van der Waals surface area contributed by atoms with E-state index in [0.717, 1.165) is 5.56 Å². The molecule has 1 aromatic rings. The third-order valence-electron chi connectivity index (χ3n) is 3.75. The average molecular weight is 265 g/mol. The van der Waals surface area contributed by atoms with Gasteiger partial charge in [0.15, 0.2) is 0 Å². The Balaban J connectivity index is 2.80. The van der Waals surface area contributed by atoms with Gasteiger partial charge in [0, 0.05) is 12.6 Å². The quantitative estimate of drug-likeness (QED) is 0.790. The normalized spacial score (nSPS) is 14.3. The molecule has 3 heteroatoms. The van der Waals surface area contributed by atoms with E-state index in [1.165, 1.54) is 0 Å². The number of thiol groups is 1. The number of carbonyl (C=O) groups is 1. The van der Waals surface area contributed by atoms with Crippen molar-refractivity contribution in [2.24, 2.45) is 11.8 Å². The molecular formula is C15H23NOS. The fourth-order valence-electron chi connectivity index (χ4n) is 2.01. The molecule has 2 nitrogen and oxygen atoms in total. The SMILES string of the molecule is CC(C)C(C)C(C)N(Cc1ccccc1)C(=O)S. The van der Waals surface area contributed by atoms with Crippen molar-refractivity contribution in [1.29, 1.82) is 0 Å². The Bertz CT molecular complexity index is 377. The second-order valence-electron chi connectivity index (χ2n) is 5.24. The van der Waals surface area contributed by atoms with Crippen LogP contribution in [0.15, 0.2) is 30.3 Å². The maximum atomic E-state index is 11.7. The van der Waals surface area contributed by atoms with Gasteiger partial charge in [0.1, 0.15) is 0 Å². The monoisotopic (exact) mass is 265 g/mol. The van der Waals surface area contributed by atoms with Crippen LogP contribution in [0.3, 0.4) is 0 Å². The van der Waals surface area contributed by atoms with Crippen molar-refractivity contribution in [3.8, 4) is 0 Å². The highest BCUT2D eigenvalue weighted by Crippen LogP contribution is 2.22. The van der Waals surface area contributed by atoms with E-state index < -0.39 is 0 Å². The largest absolute Gasteiger partial charge is 0.327 e. The molecule has 0 aromatic heterocycles. The highest BCUT2D eigenvalue weighted by atomic mass is 32.1. The molecule has 100 valence electrons. The predicted octanol–water partition coefficient (Wildman–Crippen LogP) is 4.22. The lowest BCUT2D eigenvalue weighted by Gasteiger charge is -2.34. The molecule has 18 heavy (non-hydrogen) atoms. The summed E-state index contributed by atoms with van der Waals surface area (Å²) in [6, 6.07) is 10.2. The summed E-state index contributed by atoms with van der Waals surface area (Å²) in [5.74, 6) is 0.996. The lowest BCUT2D eigenvalue weighted by Crippen LogP contribution is -2.40. The number of nitrogens with zero attached hydrogens (tertiary/aromatic N) is 1. The van der Waals surface area contributed by atoms with E-state index in [0.29, 0.717) is 18.4 Å². The van der Waals surface area contributed by atoms with Crippen LogP contribution in [0.4, 0.5) is 4.79 Å². The summed E-state index contributed by atoms with van der Waals surface area (Å²) in [5, 5.41) is -0.154. The lowest BCUT2D eigenvalue weighted by atomic mass is 9.90. The summed E-state index contributed by atoms with van der Waals surface area (Å²) in [6.07, 6.45) is 0. The average Bonchev–Trinajstić information content (AvgIpc) is 2.35. The van der Waals surface area contributed by atoms with Crippen LogP contribution in [0.25, 0.3) is 0 Å². The van der Waals surface area contributed by atoms with Crippen molar-refractivity contribution in [3.05, 3.63) is 35.9 Å². The molecule has 0 aliphatic heterocycles. The Morgan fingerprint density at radius 2 is 1.72 bits per heavy atom. The van der Waals surface area contributed by atoms with Crippen molar-refractivity contribution >= 4 is 17.9 Å². The third-order valence-corrected chi connectivity index (χ3v) is 4.00. The smallest absolute Gasteiger partial charge is 0.279 e. The van der Waals surface area contributed by atoms with E-state index in [1.807, 2.05) is 35.2 Å². The maximum absolute atomic E-state index is 11.7. The summed E-state index contributed by atoms with van der Waals surface area (Å²) in [7, 11) is 0. The van der Waals surface area contributed by atoms with E-state index >= 15 is 0 Å². The summed E-state index contributed by atoms with van der Waals surface area (Å²) in [6.45, 7) is 9.28. The van der Waals surface area contributed by atoms with Crippen LogP contribution in [0.5, 0.6) is 0 Å². The fourth-order valence-corrected chi connectivity index (χ4v) is 2.26. The number of hydrogen-bond acceptors (Lipinski definition) is 1. The molecule has 1 aromatic carbocycles. The van der Waals surface area contributed by atoms with Crippen LogP contribution < -0.4 is 0 Å². The minimum absolute atomic E-state index is 0.154. The molecule has 0 heterocycles. The number of hydrogen-bond donors (Lipinski definition) is 1. The molecule has 0 N–H and O–H groups in total. The van der Waals surface area contributed by atoms with E-state index in [9.17, 15) is 4.79 Å². The highest BCUT2D eigenvalue weighted by Gasteiger charge is 2.24. The minimum Gasteiger partial charge on any atom is -0.327 e. The molecule has 0 bridgehead atoms. The van der Waals surface area contributed by atoms with Crippen molar-refractivity contribution in [1.82, 2.24) is 4.90 Å². The summed E-state index contributed by atoms with van der Waals surface area (Å²) >= 11 is 4.01.